The molecule has 1 spiro atoms. The molecule has 0 radical (unpaired) electrons. The second-order valence-corrected chi connectivity index (χ2v) is 5.59. The fraction of sp³-hybridized carbons (Fsp3) is 0.857. The lowest BCUT2D eigenvalue weighted by molar-refractivity contribution is -0.140. The van der Waals surface area contributed by atoms with Crippen LogP contribution in [0.25, 0.3) is 0 Å². The molecule has 2 fully saturated rings. The lowest BCUT2D eigenvalue weighted by atomic mass is 9.68. The number of methoxy groups -OCH3 is 1. The van der Waals surface area contributed by atoms with Gasteiger partial charge in [0.2, 0.25) is 0 Å². The number of likely N-dealkylation sites (tertiary alicyclic amines) is 1. The number of rotatable bonds is 4. The Kier molecular flexibility index (Phi) is 4.66. The average molecular weight is 267 g/mol. The third kappa shape index (κ3) is 3.39. The van der Waals surface area contributed by atoms with Gasteiger partial charge in [0, 0.05) is 19.6 Å². The van der Waals surface area contributed by atoms with Gasteiger partial charge in [-0.15, -0.1) is 0 Å². The Morgan fingerprint density at radius 1 is 1.42 bits per heavy atom. The summed E-state index contributed by atoms with van der Waals surface area (Å²) >= 11 is 0. The summed E-state index contributed by atoms with van der Waals surface area (Å²) in [5, 5.41) is 3.33. The molecular formula is C14H25N3O2. The Bertz CT molecular complexity index is 351. The topological polar surface area (TPSA) is 53.9 Å². The number of guanidine groups is 1. The van der Waals surface area contributed by atoms with Crippen molar-refractivity contribution in [3.05, 3.63) is 0 Å². The SMILES string of the molecule is CCNC(=NCCC(=O)OC)N1CCC2(CCC2)C1. The quantitative estimate of drug-likeness (QED) is 0.475. The van der Waals surface area contributed by atoms with Crippen molar-refractivity contribution in [2.75, 3.05) is 33.3 Å². The fourth-order valence-corrected chi connectivity index (χ4v) is 2.98. The van der Waals surface area contributed by atoms with Crippen molar-refractivity contribution in [1.82, 2.24) is 10.2 Å². The maximum Gasteiger partial charge on any atom is 0.307 e. The van der Waals surface area contributed by atoms with Gasteiger partial charge in [0.1, 0.15) is 0 Å². The van der Waals surface area contributed by atoms with Crippen molar-refractivity contribution >= 4 is 11.9 Å². The van der Waals surface area contributed by atoms with Crippen molar-refractivity contribution in [2.24, 2.45) is 10.4 Å². The summed E-state index contributed by atoms with van der Waals surface area (Å²) < 4.78 is 4.63. The summed E-state index contributed by atoms with van der Waals surface area (Å²) in [7, 11) is 1.41. The minimum absolute atomic E-state index is 0.198. The molecule has 0 bridgehead atoms. The van der Waals surface area contributed by atoms with E-state index in [2.05, 4.69) is 26.9 Å². The largest absolute Gasteiger partial charge is 0.469 e. The Morgan fingerprint density at radius 2 is 2.21 bits per heavy atom. The highest BCUT2D eigenvalue weighted by Crippen LogP contribution is 2.47. The first kappa shape index (κ1) is 14.2. The first-order chi connectivity index (χ1) is 9.19. The highest BCUT2D eigenvalue weighted by molar-refractivity contribution is 5.80. The molecule has 1 saturated heterocycles. The van der Waals surface area contributed by atoms with Gasteiger partial charge in [0.25, 0.3) is 0 Å². The van der Waals surface area contributed by atoms with Crippen molar-refractivity contribution in [3.63, 3.8) is 0 Å². The summed E-state index contributed by atoms with van der Waals surface area (Å²) in [6, 6.07) is 0. The highest BCUT2D eigenvalue weighted by atomic mass is 16.5. The predicted octanol–water partition coefficient (Wildman–Crippen LogP) is 1.39. The molecule has 0 amide bonds. The maximum absolute atomic E-state index is 11.1. The third-order valence-electron chi connectivity index (χ3n) is 4.29. The number of esters is 1. The van der Waals surface area contributed by atoms with Gasteiger partial charge in [-0.3, -0.25) is 9.79 Å². The van der Waals surface area contributed by atoms with Crippen LogP contribution in [-0.4, -0.2) is 50.1 Å². The van der Waals surface area contributed by atoms with Gasteiger partial charge in [0.15, 0.2) is 5.96 Å². The predicted molar refractivity (Wildman–Crippen MR) is 75.1 cm³/mol. The molecule has 0 unspecified atom stereocenters. The van der Waals surface area contributed by atoms with Crippen LogP contribution in [0.5, 0.6) is 0 Å². The summed E-state index contributed by atoms with van der Waals surface area (Å²) in [5.41, 5.74) is 0.568. The highest BCUT2D eigenvalue weighted by Gasteiger charge is 2.43. The van der Waals surface area contributed by atoms with Gasteiger partial charge in [-0.2, -0.15) is 0 Å². The molecular weight excluding hydrogens is 242 g/mol. The lowest BCUT2D eigenvalue weighted by Crippen LogP contribution is -2.42. The Morgan fingerprint density at radius 3 is 2.74 bits per heavy atom. The lowest BCUT2D eigenvalue weighted by Gasteiger charge is -2.38. The smallest absolute Gasteiger partial charge is 0.307 e. The Hall–Kier alpha value is -1.26. The number of nitrogens with one attached hydrogen (secondary N) is 1. The van der Waals surface area contributed by atoms with E-state index in [-0.39, 0.29) is 5.97 Å². The molecule has 2 rings (SSSR count). The molecule has 1 N–H and O–H groups in total. The number of nitrogens with zero attached hydrogens (tertiary/aromatic N) is 2. The molecule has 0 aromatic heterocycles. The van der Waals surface area contributed by atoms with E-state index >= 15 is 0 Å². The normalized spacial score (nSPS) is 21.4. The van der Waals surface area contributed by atoms with Gasteiger partial charge in [0.05, 0.1) is 20.1 Å². The first-order valence-corrected chi connectivity index (χ1v) is 7.29. The zero-order valence-corrected chi connectivity index (χ0v) is 12.1. The number of aliphatic imine (C=N–C) groups is 1. The van der Waals surface area contributed by atoms with E-state index in [1.165, 1.54) is 32.8 Å². The monoisotopic (exact) mass is 267 g/mol. The van der Waals surface area contributed by atoms with Crippen molar-refractivity contribution in [3.8, 4) is 0 Å². The molecule has 5 heteroatoms. The van der Waals surface area contributed by atoms with E-state index in [1.807, 2.05) is 0 Å². The second kappa shape index (κ2) is 6.26. The van der Waals surface area contributed by atoms with Gasteiger partial charge in [-0.1, -0.05) is 6.42 Å². The van der Waals surface area contributed by atoms with Crippen LogP contribution in [0, 0.1) is 5.41 Å². The van der Waals surface area contributed by atoms with Crippen molar-refractivity contribution in [2.45, 2.75) is 39.0 Å². The van der Waals surface area contributed by atoms with Gasteiger partial charge < -0.3 is 15.0 Å². The summed E-state index contributed by atoms with van der Waals surface area (Å²) in [6.45, 7) is 5.64. The van der Waals surface area contributed by atoms with Crippen LogP contribution in [0.1, 0.15) is 39.0 Å². The maximum atomic E-state index is 11.1. The Labute approximate surface area is 115 Å². The van der Waals surface area contributed by atoms with Crippen LogP contribution in [0.2, 0.25) is 0 Å². The summed E-state index contributed by atoms with van der Waals surface area (Å²) in [4.78, 5) is 18.0. The molecule has 2 aliphatic rings. The zero-order chi connectivity index (χ0) is 13.7. The minimum atomic E-state index is -0.198. The number of hydrogen-bond donors (Lipinski definition) is 1. The summed E-state index contributed by atoms with van der Waals surface area (Å²) in [5.74, 6) is 0.756. The number of hydrogen-bond acceptors (Lipinski definition) is 3. The van der Waals surface area contributed by atoms with Gasteiger partial charge in [-0.05, 0) is 31.6 Å². The van der Waals surface area contributed by atoms with E-state index < -0.39 is 0 Å². The van der Waals surface area contributed by atoms with E-state index in [0.29, 0.717) is 18.4 Å². The standard InChI is InChI=1S/C14H25N3O2/c1-3-15-13(16-9-5-12(18)19-2)17-10-8-14(11-17)6-4-7-14/h3-11H2,1-2H3,(H,15,16). The summed E-state index contributed by atoms with van der Waals surface area (Å²) in [6.07, 6.45) is 5.75. The van der Waals surface area contributed by atoms with Crippen LogP contribution in [0.3, 0.4) is 0 Å². The molecule has 19 heavy (non-hydrogen) atoms. The zero-order valence-electron chi connectivity index (χ0n) is 12.1. The number of carbonyl (C=O) groups excluding carboxylic acids is 1. The van der Waals surface area contributed by atoms with Crippen LogP contribution >= 0.6 is 0 Å². The molecule has 0 aromatic rings. The molecule has 1 aliphatic carbocycles. The third-order valence-corrected chi connectivity index (χ3v) is 4.29. The van der Waals surface area contributed by atoms with Gasteiger partial charge >= 0.3 is 5.97 Å². The molecule has 108 valence electrons. The van der Waals surface area contributed by atoms with Crippen molar-refractivity contribution in [1.29, 1.82) is 0 Å². The molecule has 0 atom stereocenters. The minimum Gasteiger partial charge on any atom is -0.469 e. The van der Waals surface area contributed by atoms with Gasteiger partial charge in [-0.25, -0.2) is 0 Å². The first-order valence-electron chi connectivity index (χ1n) is 7.29. The fourth-order valence-electron chi connectivity index (χ4n) is 2.98. The molecule has 5 nitrogen and oxygen atoms in total. The molecule has 1 saturated carbocycles. The van der Waals surface area contributed by atoms with E-state index in [9.17, 15) is 4.79 Å². The van der Waals surface area contributed by atoms with E-state index in [4.69, 9.17) is 0 Å². The van der Waals surface area contributed by atoms with Crippen LogP contribution in [0.4, 0.5) is 0 Å². The average Bonchev–Trinajstić information content (AvgIpc) is 2.82. The molecule has 1 heterocycles. The van der Waals surface area contributed by atoms with E-state index in [0.717, 1.165) is 25.6 Å². The van der Waals surface area contributed by atoms with Crippen molar-refractivity contribution < 1.29 is 9.53 Å². The van der Waals surface area contributed by atoms with E-state index in [1.54, 1.807) is 0 Å². The number of ether oxygens (including phenoxy) is 1. The second-order valence-electron chi connectivity index (χ2n) is 5.59. The molecule has 1 aliphatic heterocycles. The number of carbonyl (C=O) groups is 1. The van der Waals surface area contributed by atoms with Crippen LogP contribution < -0.4 is 5.32 Å². The molecule has 0 aromatic carbocycles. The van der Waals surface area contributed by atoms with Crippen LogP contribution in [-0.2, 0) is 9.53 Å². The van der Waals surface area contributed by atoms with Crippen LogP contribution in [0.15, 0.2) is 4.99 Å². The Balaban J connectivity index is 1.88.